The monoisotopic (exact) mass is 346 g/mol. The van der Waals surface area contributed by atoms with Crippen LogP contribution in [0.15, 0.2) is 6.07 Å². The summed E-state index contributed by atoms with van der Waals surface area (Å²) >= 11 is 0. The van der Waals surface area contributed by atoms with E-state index in [1.807, 2.05) is 33.9 Å². The predicted molar refractivity (Wildman–Crippen MR) is 94.4 cm³/mol. The number of ether oxygens (including phenoxy) is 1. The zero-order valence-corrected chi connectivity index (χ0v) is 15.5. The van der Waals surface area contributed by atoms with Crippen LogP contribution in [0.5, 0.6) is 0 Å². The van der Waals surface area contributed by atoms with Crippen molar-refractivity contribution in [3.05, 3.63) is 29.0 Å². The summed E-state index contributed by atoms with van der Waals surface area (Å²) < 4.78 is 7.20. The van der Waals surface area contributed by atoms with E-state index in [2.05, 4.69) is 25.3 Å². The molecule has 8 heteroatoms. The number of likely N-dealkylation sites (tertiary alicyclic amines) is 1. The third kappa shape index (κ3) is 3.74. The standard InChI is InChI=1S/C17H26N6O2/c1-10-6-15(22(4)21-10)20-16(24)9-23-8-13(25-5)7-14(23)17-18-11(2)12(3)19-17/h6,13-14H,7-9H2,1-5H3,(H,18,19)(H,20,24)/t13-,14+/m1/s1. The Labute approximate surface area is 147 Å². The molecule has 2 atom stereocenters. The van der Waals surface area contributed by atoms with E-state index in [4.69, 9.17) is 4.74 Å². The normalized spacial score (nSPS) is 21.0. The number of carbonyl (C=O) groups is 1. The summed E-state index contributed by atoms with van der Waals surface area (Å²) in [6, 6.07) is 1.91. The Bertz CT molecular complexity index is 746. The van der Waals surface area contributed by atoms with Gasteiger partial charge in [-0.05, 0) is 27.2 Å². The van der Waals surface area contributed by atoms with Crippen LogP contribution in [0.4, 0.5) is 5.82 Å². The van der Waals surface area contributed by atoms with Gasteiger partial charge in [0.15, 0.2) is 0 Å². The van der Waals surface area contributed by atoms with Crippen LogP contribution in [0.3, 0.4) is 0 Å². The van der Waals surface area contributed by atoms with Gasteiger partial charge < -0.3 is 15.0 Å². The first-order valence-corrected chi connectivity index (χ1v) is 8.47. The predicted octanol–water partition coefficient (Wildman–Crippen LogP) is 1.47. The third-order valence-corrected chi connectivity index (χ3v) is 4.78. The van der Waals surface area contributed by atoms with Gasteiger partial charge in [-0.25, -0.2) is 4.98 Å². The van der Waals surface area contributed by atoms with Crippen LogP contribution in [0, 0.1) is 20.8 Å². The Morgan fingerprint density at radius 3 is 2.76 bits per heavy atom. The summed E-state index contributed by atoms with van der Waals surface area (Å²) in [6.45, 7) is 6.89. The van der Waals surface area contributed by atoms with E-state index < -0.39 is 0 Å². The minimum atomic E-state index is -0.0650. The first-order valence-electron chi connectivity index (χ1n) is 8.47. The first kappa shape index (κ1) is 17.6. The lowest BCUT2D eigenvalue weighted by molar-refractivity contribution is -0.117. The number of carbonyl (C=O) groups excluding carboxylic acids is 1. The molecule has 1 saturated heterocycles. The van der Waals surface area contributed by atoms with Crippen LogP contribution in [-0.2, 0) is 16.6 Å². The highest BCUT2D eigenvalue weighted by atomic mass is 16.5. The number of imidazole rings is 1. The Balaban J connectivity index is 1.72. The number of amides is 1. The molecule has 1 aliphatic heterocycles. The van der Waals surface area contributed by atoms with Gasteiger partial charge in [0.05, 0.1) is 30.1 Å². The van der Waals surface area contributed by atoms with Gasteiger partial charge in [-0.15, -0.1) is 0 Å². The molecule has 2 aromatic heterocycles. The number of hydrogen-bond acceptors (Lipinski definition) is 5. The van der Waals surface area contributed by atoms with Crippen molar-refractivity contribution < 1.29 is 9.53 Å². The van der Waals surface area contributed by atoms with Gasteiger partial charge in [-0.2, -0.15) is 5.10 Å². The fourth-order valence-corrected chi connectivity index (χ4v) is 3.32. The maximum Gasteiger partial charge on any atom is 0.239 e. The van der Waals surface area contributed by atoms with E-state index in [0.29, 0.717) is 12.4 Å². The average molecular weight is 346 g/mol. The van der Waals surface area contributed by atoms with Gasteiger partial charge in [-0.1, -0.05) is 0 Å². The smallest absolute Gasteiger partial charge is 0.239 e. The van der Waals surface area contributed by atoms with Gasteiger partial charge in [0.1, 0.15) is 11.6 Å². The van der Waals surface area contributed by atoms with E-state index >= 15 is 0 Å². The lowest BCUT2D eigenvalue weighted by atomic mass is 10.2. The summed E-state index contributed by atoms with van der Waals surface area (Å²) in [5.74, 6) is 1.54. The summed E-state index contributed by atoms with van der Waals surface area (Å²) in [5, 5.41) is 7.18. The zero-order chi connectivity index (χ0) is 18.1. The molecule has 1 amide bonds. The number of aromatic nitrogens is 4. The third-order valence-electron chi connectivity index (χ3n) is 4.78. The van der Waals surface area contributed by atoms with Crippen LogP contribution in [-0.4, -0.2) is 56.9 Å². The van der Waals surface area contributed by atoms with Crippen molar-refractivity contribution in [2.75, 3.05) is 25.5 Å². The molecule has 0 radical (unpaired) electrons. The second-order valence-electron chi connectivity index (χ2n) is 6.71. The molecule has 0 aromatic carbocycles. The SMILES string of the molecule is CO[C@@H]1C[C@@H](c2nc(C)c(C)[nH]2)N(CC(=O)Nc2cc(C)nn2C)C1. The number of rotatable bonds is 5. The molecule has 0 bridgehead atoms. The number of aromatic amines is 1. The van der Waals surface area contributed by atoms with Gasteiger partial charge >= 0.3 is 0 Å². The quantitative estimate of drug-likeness (QED) is 0.856. The van der Waals surface area contributed by atoms with Crippen molar-refractivity contribution in [2.24, 2.45) is 7.05 Å². The maximum atomic E-state index is 12.5. The maximum absolute atomic E-state index is 12.5. The summed E-state index contributed by atoms with van der Waals surface area (Å²) in [6.07, 6.45) is 0.920. The van der Waals surface area contributed by atoms with Gasteiger partial charge in [-0.3, -0.25) is 14.4 Å². The van der Waals surface area contributed by atoms with E-state index in [9.17, 15) is 4.79 Å². The van der Waals surface area contributed by atoms with Crippen molar-refractivity contribution >= 4 is 11.7 Å². The van der Waals surface area contributed by atoms with Crippen molar-refractivity contribution in [1.82, 2.24) is 24.6 Å². The number of aryl methyl sites for hydroxylation is 4. The molecule has 0 saturated carbocycles. The number of methoxy groups -OCH3 is 1. The minimum absolute atomic E-state index is 0.0522. The first-order chi connectivity index (χ1) is 11.9. The Kier molecular flexibility index (Phi) is 4.91. The van der Waals surface area contributed by atoms with Crippen LogP contribution < -0.4 is 5.32 Å². The van der Waals surface area contributed by atoms with Crippen molar-refractivity contribution in [3.8, 4) is 0 Å². The molecule has 3 heterocycles. The summed E-state index contributed by atoms with van der Waals surface area (Å²) in [7, 11) is 3.53. The van der Waals surface area contributed by atoms with Gasteiger partial charge in [0.2, 0.25) is 5.91 Å². The molecule has 0 spiro atoms. The number of hydrogen-bond donors (Lipinski definition) is 2. The lowest BCUT2D eigenvalue weighted by Gasteiger charge is -2.21. The van der Waals surface area contributed by atoms with Crippen molar-refractivity contribution in [1.29, 1.82) is 0 Å². The van der Waals surface area contributed by atoms with Crippen LogP contribution in [0.2, 0.25) is 0 Å². The topological polar surface area (TPSA) is 88.1 Å². The number of H-pyrrole nitrogens is 1. The highest BCUT2D eigenvalue weighted by Gasteiger charge is 2.36. The molecule has 2 aromatic rings. The van der Waals surface area contributed by atoms with E-state index in [1.54, 1.807) is 11.8 Å². The molecular formula is C17H26N6O2. The van der Waals surface area contributed by atoms with Gasteiger partial charge in [0, 0.05) is 32.5 Å². The summed E-state index contributed by atoms with van der Waals surface area (Å²) in [5.41, 5.74) is 2.93. The summed E-state index contributed by atoms with van der Waals surface area (Å²) in [4.78, 5) is 22.6. The second kappa shape index (κ2) is 6.97. The molecule has 1 fully saturated rings. The highest BCUT2D eigenvalue weighted by Crippen LogP contribution is 2.32. The molecular weight excluding hydrogens is 320 g/mol. The Morgan fingerprint density at radius 1 is 1.44 bits per heavy atom. The number of nitrogens with one attached hydrogen (secondary N) is 2. The van der Waals surface area contributed by atoms with Crippen LogP contribution in [0.1, 0.15) is 35.4 Å². The molecule has 136 valence electrons. The van der Waals surface area contributed by atoms with E-state index in [0.717, 1.165) is 29.3 Å². The molecule has 25 heavy (non-hydrogen) atoms. The van der Waals surface area contributed by atoms with Crippen LogP contribution >= 0.6 is 0 Å². The largest absolute Gasteiger partial charge is 0.380 e. The molecule has 2 N–H and O–H groups in total. The Morgan fingerprint density at radius 2 is 2.20 bits per heavy atom. The molecule has 1 aliphatic rings. The van der Waals surface area contributed by atoms with Crippen molar-refractivity contribution in [2.45, 2.75) is 39.3 Å². The second-order valence-corrected chi connectivity index (χ2v) is 6.71. The fraction of sp³-hybridized carbons (Fsp3) is 0.588. The van der Waals surface area contributed by atoms with E-state index in [1.165, 1.54) is 0 Å². The fourth-order valence-electron chi connectivity index (χ4n) is 3.32. The van der Waals surface area contributed by atoms with Crippen molar-refractivity contribution in [3.63, 3.8) is 0 Å². The van der Waals surface area contributed by atoms with Gasteiger partial charge in [0.25, 0.3) is 0 Å². The molecule has 0 aliphatic carbocycles. The minimum Gasteiger partial charge on any atom is -0.380 e. The van der Waals surface area contributed by atoms with E-state index in [-0.39, 0.29) is 24.6 Å². The van der Waals surface area contributed by atoms with Crippen LogP contribution in [0.25, 0.3) is 0 Å². The highest BCUT2D eigenvalue weighted by molar-refractivity contribution is 5.91. The number of nitrogens with zero attached hydrogens (tertiary/aromatic N) is 4. The molecule has 8 nitrogen and oxygen atoms in total. The zero-order valence-electron chi connectivity index (χ0n) is 15.5. The average Bonchev–Trinajstić information content (AvgIpc) is 3.18. The number of anilines is 1. The molecule has 0 unspecified atom stereocenters. The molecule has 3 rings (SSSR count). The Hall–Kier alpha value is -2.19. The lowest BCUT2D eigenvalue weighted by Crippen LogP contribution is -2.34.